The summed E-state index contributed by atoms with van der Waals surface area (Å²) in [7, 11) is 0. The molecular weight excluding hydrogens is 372 g/mol. The van der Waals surface area contributed by atoms with Crippen LogP contribution in [0.15, 0.2) is 23.9 Å². The van der Waals surface area contributed by atoms with E-state index in [1.165, 1.54) is 0 Å². The van der Waals surface area contributed by atoms with Crippen LogP contribution in [0.2, 0.25) is 0 Å². The highest BCUT2D eigenvalue weighted by atomic mass is 16.5. The number of carbonyl (C=O) groups excluding carboxylic acids is 3. The van der Waals surface area contributed by atoms with Crippen molar-refractivity contribution in [2.75, 3.05) is 50.8 Å². The molecule has 0 spiro atoms. The van der Waals surface area contributed by atoms with Gasteiger partial charge in [-0.15, -0.1) is 0 Å². The van der Waals surface area contributed by atoms with Crippen LogP contribution in [0.5, 0.6) is 0 Å². The lowest BCUT2D eigenvalue weighted by Crippen LogP contribution is -2.42. The highest BCUT2D eigenvalue weighted by Crippen LogP contribution is 2.24. The van der Waals surface area contributed by atoms with Crippen LogP contribution in [-0.4, -0.2) is 73.6 Å². The van der Waals surface area contributed by atoms with Crippen molar-refractivity contribution in [1.82, 2.24) is 15.1 Å². The van der Waals surface area contributed by atoms with Gasteiger partial charge in [0.15, 0.2) is 0 Å². The normalized spacial score (nSPS) is 21.3. The van der Waals surface area contributed by atoms with Gasteiger partial charge in [0.05, 0.1) is 13.2 Å². The number of anilines is 1. The molecule has 3 fully saturated rings. The Balaban J connectivity index is 1.46. The first kappa shape index (κ1) is 19.4. The molecule has 8 heteroatoms. The summed E-state index contributed by atoms with van der Waals surface area (Å²) in [5.41, 5.74) is 3.27. The molecule has 0 aromatic heterocycles. The molecule has 1 aromatic rings. The molecule has 4 rings (SSSR count). The summed E-state index contributed by atoms with van der Waals surface area (Å²) < 4.78 is 5.40. The predicted octanol–water partition coefficient (Wildman–Crippen LogP) is 1.35. The molecule has 8 nitrogen and oxygen atoms in total. The van der Waals surface area contributed by atoms with Crippen LogP contribution in [-0.2, 0) is 14.3 Å². The number of amides is 4. The minimum absolute atomic E-state index is 0.182. The lowest BCUT2D eigenvalue weighted by Gasteiger charge is -2.30. The van der Waals surface area contributed by atoms with Crippen LogP contribution in [0.4, 0.5) is 10.5 Å². The monoisotopic (exact) mass is 398 g/mol. The Labute approximate surface area is 170 Å². The molecule has 154 valence electrons. The largest absolute Gasteiger partial charge is 0.378 e. The van der Waals surface area contributed by atoms with Gasteiger partial charge in [0.25, 0.3) is 5.91 Å². The average Bonchev–Trinajstić information content (AvgIpc) is 3.34. The van der Waals surface area contributed by atoms with Gasteiger partial charge >= 0.3 is 6.03 Å². The van der Waals surface area contributed by atoms with Crippen LogP contribution in [0, 0.1) is 6.92 Å². The molecule has 3 aliphatic rings. The Morgan fingerprint density at radius 1 is 1.14 bits per heavy atom. The molecule has 0 saturated carbocycles. The lowest BCUT2D eigenvalue weighted by atomic mass is 10.1. The molecule has 1 N–H and O–H groups in total. The fourth-order valence-electron chi connectivity index (χ4n) is 4.01. The second-order valence-electron chi connectivity index (χ2n) is 7.61. The Morgan fingerprint density at radius 3 is 2.55 bits per heavy atom. The van der Waals surface area contributed by atoms with Crippen molar-refractivity contribution in [2.45, 2.75) is 19.8 Å². The second kappa shape index (κ2) is 8.24. The molecule has 0 unspecified atom stereocenters. The Kier molecular flexibility index (Phi) is 5.53. The number of ether oxygens (including phenoxy) is 1. The number of nitrogens with zero attached hydrogens (tertiary/aromatic N) is 3. The van der Waals surface area contributed by atoms with E-state index >= 15 is 0 Å². The van der Waals surface area contributed by atoms with Gasteiger partial charge in [-0.25, -0.2) is 9.69 Å². The van der Waals surface area contributed by atoms with Crippen molar-refractivity contribution in [3.8, 4) is 0 Å². The minimum atomic E-state index is -0.546. The SMILES string of the molecule is Cc1cc(/C=C2/NC(=O)N(CC(=O)N3CCCC3)C2=O)ccc1N1CCOCC1. The van der Waals surface area contributed by atoms with Crippen LogP contribution < -0.4 is 10.2 Å². The van der Waals surface area contributed by atoms with Gasteiger partial charge in [-0.1, -0.05) is 6.07 Å². The van der Waals surface area contributed by atoms with Crippen molar-refractivity contribution in [3.05, 3.63) is 35.0 Å². The first-order chi connectivity index (χ1) is 14.0. The van der Waals surface area contributed by atoms with Crippen LogP contribution in [0.25, 0.3) is 6.08 Å². The third kappa shape index (κ3) is 4.12. The molecule has 0 radical (unpaired) electrons. The Morgan fingerprint density at radius 2 is 1.86 bits per heavy atom. The second-order valence-corrected chi connectivity index (χ2v) is 7.61. The van der Waals surface area contributed by atoms with E-state index in [2.05, 4.69) is 10.2 Å². The Hall–Kier alpha value is -2.87. The standard InChI is InChI=1S/C21H26N4O4/c1-15-12-16(4-5-18(15)23-8-10-29-11-9-23)13-17-20(27)25(21(28)22-17)14-19(26)24-6-2-3-7-24/h4-5,12-13H,2-3,6-11,14H2,1H3,(H,22,28)/b17-13+. The fourth-order valence-corrected chi connectivity index (χ4v) is 4.01. The van der Waals surface area contributed by atoms with Crippen LogP contribution in [0.3, 0.4) is 0 Å². The molecule has 1 aromatic carbocycles. The number of likely N-dealkylation sites (tertiary alicyclic amines) is 1. The molecule has 3 aliphatic heterocycles. The molecule has 0 aliphatic carbocycles. The first-order valence-corrected chi connectivity index (χ1v) is 10.1. The maximum absolute atomic E-state index is 12.7. The van der Waals surface area contributed by atoms with Crippen LogP contribution >= 0.6 is 0 Å². The smallest absolute Gasteiger partial charge is 0.329 e. The number of urea groups is 1. The third-order valence-corrected chi connectivity index (χ3v) is 5.60. The Bertz CT molecular complexity index is 854. The number of benzene rings is 1. The predicted molar refractivity (Wildman–Crippen MR) is 108 cm³/mol. The van der Waals surface area contributed by atoms with Gasteiger partial charge in [-0.05, 0) is 49.1 Å². The average molecular weight is 398 g/mol. The van der Waals surface area contributed by atoms with Crippen molar-refractivity contribution >= 4 is 29.6 Å². The molecule has 3 saturated heterocycles. The topological polar surface area (TPSA) is 82.2 Å². The lowest BCUT2D eigenvalue weighted by molar-refractivity contribution is -0.135. The number of rotatable bonds is 4. The summed E-state index contributed by atoms with van der Waals surface area (Å²) in [4.78, 5) is 42.2. The van der Waals surface area contributed by atoms with Crippen molar-refractivity contribution in [2.24, 2.45) is 0 Å². The number of aryl methyl sites for hydroxylation is 1. The summed E-state index contributed by atoms with van der Waals surface area (Å²) in [6, 6.07) is 5.41. The molecule has 0 bridgehead atoms. The highest BCUT2D eigenvalue weighted by molar-refractivity contribution is 6.15. The van der Waals surface area contributed by atoms with E-state index in [4.69, 9.17) is 4.74 Å². The number of hydrogen-bond donors (Lipinski definition) is 1. The molecular formula is C21H26N4O4. The first-order valence-electron chi connectivity index (χ1n) is 10.1. The summed E-state index contributed by atoms with van der Waals surface area (Å²) in [5.74, 6) is -0.643. The number of morpholine rings is 1. The van der Waals surface area contributed by atoms with E-state index in [1.807, 2.05) is 25.1 Å². The van der Waals surface area contributed by atoms with E-state index in [9.17, 15) is 14.4 Å². The molecule has 4 amide bonds. The summed E-state index contributed by atoms with van der Waals surface area (Å²) >= 11 is 0. The van der Waals surface area contributed by atoms with Crippen molar-refractivity contribution < 1.29 is 19.1 Å². The van der Waals surface area contributed by atoms with E-state index < -0.39 is 11.9 Å². The molecule has 3 heterocycles. The van der Waals surface area contributed by atoms with Gasteiger partial charge < -0.3 is 19.9 Å². The van der Waals surface area contributed by atoms with Gasteiger partial charge in [-0.3, -0.25) is 9.59 Å². The van der Waals surface area contributed by atoms with Crippen molar-refractivity contribution in [3.63, 3.8) is 0 Å². The van der Waals surface area contributed by atoms with Crippen molar-refractivity contribution in [1.29, 1.82) is 0 Å². The zero-order chi connectivity index (χ0) is 20.4. The summed E-state index contributed by atoms with van der Waals surface area (Å²) in [5, 5.41) is 2.60. The van der Waals surface area contributed by atoms with E-state index in [1.54, 1.807) is 11.0 Å². The van der Waals surface area contributed by atoms with Gasteiger partial charge in [0.2, 0.25) is 5.91 Å². The molecule has 29 heavy (non-hydrogen) atoms. The number of carbonyl (C=O) groups is 3. The highest BCUT2D eigenvalue weighted by Gasteiger charge is 2.36. The quantitative estimate of drug-likeness (QED) is 0.612. The fraction of sp³-hybridized carbons (Fsp3) is 0.476. The van der Waals surface area contributed by atoms with E-state index in [-0.39, 0.29) is 18.1 Å². The van der Waals surface area contributed by atoms with Gasteiger partial charge in [0, 0.05) is 31.9 Å². The van der Waals surface area contributed by atoms with Gasteiger partial charge in [-0.2, -0.15) is 0 Å². The minimum Gasteiger partial charge on any atom is -0.378 e. The summed E-state index contributed by atoms with van der Waals surface area (Å²) in [6.07, 6.45) is 3.60. The maximum atomic E-state index is 12.7. The van der Waals surface area contributed by atoms with E-state index in [0.717, 1.165) is 60.9 Å². The third-order valence-electron chi connectivity index (χ3n) is 5.60. The maximum Gasteiger partial charge on any atom is 0.329 e. The zero-order valence-corrected chi connectivity index (χ0v) is 16.6. The van der Waals surface area contributed by atoms with Gasteiger partial charge in [0.1, 0.15) is 12.2 Å². The number of hydrogen-bond acceptors (Lipinski definition) is 5. The van der Waals surface area contributed by atoms with E-state index in [0.29, 0.717) is 13.1 Å². The van der Waals surface area contributed by atoms with Crippen LogP contribution in [0.1, 0.15) is 24.0 Å². The number of nitrogens with one attached hydrogen (secondary N) is 1. The zero-order valence-electron chi connectivity index (χ0n) is 16.6. The molecule has 0 atom stereocenters. The number of imide groups is 1. The summed E-state index contributed by atoms with van der Waals surface area (Å²) in [6.45, 7) is 6.36.